The monoisotopic (exact) mass is 337 g/mol. The van der Waals surface area contributed by atoms with Crippen LogP contribution in [0.5, 0.6) is 0 Å². The maximum absolute atomic E-state index is 13.1. The molecule has 0 saturated heterocycles. The van der Waals surface area contributed by atoms with E-state index in [0.29, 0.717) is 5.95 Å². The molecule has 0 unspecified atom stereocenters. The lowest BCUT2D eigenvalue weighted by Crippen LogP contribution is -2.31. The third-order valence-corrected chi connectivity index (χ3v) is 4.61. The SMILES string of the molecule is Nc1ncc2c(n1)CCN(Cc1cccn1Cc1ccc(F)cc1)C2. The molecule has 0 fully saturated rings. The Labute approximate surface area is 145 Å². The summed E-state index contributed by atoms with van der Waals surface area (Å²) < 4.78 is 15.3. The van der Waals surface area contributed by atoms with Gasteiger partial charge in [0.1, 0.15) is 5.82 Å². The van der Waals surface area contributed by atoms with Gasteiger partial charge < -0.3 is 10.3 Å². The molecule has 0 spiro atoms. The van der Waals surface area contributed by atoms with Crippen molar-refractivity contribution in [3.05, 3.63) is 77.1 Å². The number of rotatable bonds is 4. The first-order valence-corrected chi connectivity index (χ1v) is 8.38. The van der Waals surface area contributed by atoms with Gasteiger partial charge in [-0.1, -0.05) is 12.1 Å². The van der Waals surface area contributed by atoms with Crippen LogP contribution in [0.2, 0.25) is 0 Å². The molecule has 0 bridgehead atoms. The Hall–Kier alpha value is -2.73. The Bertz CT molecular complexity index is 872. The van der Waals surface area contributed by atoms with Gasteiger partial charge in [-0.15, -0.1) is 0 Å². The van der Waals surface area contributed by atoms with Crippen LogP contribution in [0.25, 0.3) is 0 Å². The summed E-state index contributed by atoms with van der Waals surface area (Å²) in [5, 5.41) is 0. The number of aromatic nitrogens is 3. The second-order valence-corrected chi connectivity index (χ2v) is 6.41. The lowest BCUT2D eigenvalue weighted by molar-refractivity contribution is 0.237. The van der Waals surface area contributed by atoms with E-state index in [9.17, 15) is 4.39 Å². The molecular weight excluding hydrogens is 317 g/mol. The number of hydrogen-bond acceptors (Lipinski definition) is 4. The van der Waals surface area contributed by atoms with Crippen molar-refractivity contribution in [1.82, 2.24) is 19.4 Å². The van der Waals surface area contributed by atoms with Gasteiger partial charge in [0, 0.05) is 56.3 Å². The van der Waals surface area contributed by atoms with Crippen LogP contribution < -0.4 is 5.73 Å². The Morgan fingerprint density at radius 2 is 1.96 bits per heavy atom. The molecule has 3 aromatic rings. The molecule has 128 valence electrons. The van der Waals surface area contributed by atoms with Crippen molar-refractivity contribution in [2.24, 2.45) is 0 Å². The van der Waals surface area contributed by atoms with Gasteiger partial charge in [0.15, 0.2) is 0 Å². The van der Waals surface area contributed by atoms with Crippen molar-refractivity contribution in [2.45, 2.75) is 26.1 Å². The highest BCUT2D eigenvalue weighted by Gasteiger charge is 2.19. The van der Waals surface area contributed by atoms with E-state index in [2.05, 4.69) is 37.8 Å². The molecule has 1 aromatic carbocycles. The lowest BCUT2D eigenvalue weighted by Gasteiger charge is -2.28. The van der Waals surface area contributed by atoms with Crippen LogP contribution in [0.4, 0.5) is 10.3 Å². The first kappa shape index (κ1) is 15.8. The van der Waals surface area contributed by atoms with Crippen molar-refractivity contribution in [3.63, 3.8) is 0 Å². The molecule has 1 aliphatic heterocycles. The molecule has 3 heterocycles. The third-order valence-electron chi connectivity index (χ3n) is 4.61. The van der Waals surface area contributed by atoms with Crippen LogP contribution in [-0.4, -0.2) is 26.0 Å². The first-order chi connectivity index (χ1) is 12.2. The summed E-state index contributed by atoms with van der Waals surface area (Å²) >= 11 is 0. The van der Waals surface area contributed by atoms with Gasteiger partial charge in [0.05, 0.1) is 5.69 Å². The zero-order valence-corrected chi connectivity index (χ0v) is 13.9. The summed E-state index contributed by atoms with van der Waals surface area (Å²) in [6.07, 6.45) is 4.79. The minimum absolute atomic E-state index is 0.202. The fraction of sp³-hybridized carbons (Fsp3) is 0.263. The van der Waals surface area contributed by atoms with Crippen LogP contribution in [0.3, 0.4) is 0 Å². The molecule has 0 amide bonds. The largest absolute Gasteiger partial charge is 0.368 e. The van der Waals surface area contributed by atoms with Gasteiger partial charge in [-0.3, -0.25) is 4.90 Å². The van der Waals surface area contributed by atoms with E-state index < -0.39 is 0 Å². The second-order valence-electron chi connectivity index (χ2n) is 6.41. The molecule has 0 radical (unpaired) electrons. The number of fused-ring (bicyclic) bond motifs is 1. The van der Waals surface area contributed by atoms with Crippen molar-refractivity contribution in [3.8, 4) is 0 Å². The minimum Gasteiger partial charge on any atom is -0.368 e. The Morgan fingerprint density at radius 1 is 1.12 bits per heavy atom. The Kier molecular flexibility index (Phi) is 4.19. The zero-order valence-electron chi connectivity index (χ0n) is 13.9. The van der Waals surface area contributed by atoms with Crippen LogP contribution >= 0.6 is 0 Å². The molecule has 2 N–H and O–H groups in total. The number of anilines is 1. The number of halogens is 1. The highest BCUT2D eigenvalue weighted by molar-refractivity contribution is 5.27. The predicted molar refractivity (Wildman–Crippen MR) is 94.2 cm³/mol. The van der Waals surface area contributed by atoms with E-state index in [-0.39, 0.29) is 5.82 Å². The quantitative estimate of drug-likeness (QED) is 0.795. The van der Waals surface area contributed by atoms with Gasteiger partial charge in [0.25, 0.3) is 0 Å². The highest BCUT2D eigenvalue weighted by atomic mass is 19.1. The molecular formula is C19H20FN5. The van der Waals surface area contributed by atoms with Gasteiger partial charge in [-0.25, -0.2) is 14.4 Å². The van der Waals surface area contributed by atoms with Gasteiger partial charge in [-0.05, 0) is 29.8 Å². The zero-order chi connectivity index (χ0) is 17.2. The molecule has 6 heteroatoms. The predicted octanol–water partition coefficient (Wildman–Crippen LogP) is 2.61. The summed E-state index contributed by atoms with van der Waals surface area (Å²) in [4.78, 5) is 10.8. The summed E-state index contributed by atoms with van der Waals surface area (Å²) in [6.45, 7) is 3.38. The maximum Gasteiger partial charge on any atom is 0.220 e. The number of nitrogens with zero attached hydrogens (tertiary/aromatic N) is 4. The molecule has 0 atom stereocenters. The van der Waals surface area contributed by atoms with E-state index in [1.807, 2.05) is 18.3 Å². The van der Waals surface area contributed by atoms with E-state index in [0.717, 1.165) is 49.4 Å². The number of nitrogen functional groups attached to an aromatic ring is 1. The molecule has 5 nitrogen and oxygen atoms in total. The van der Waals surface area contributed by atoms with Crippen molar-refractivity contribution in [2.75, 3.05) is 12.3 Å². The molecule has 0 aliphatic carbocycles. The van der Waals surface area contributed by atoms with E-state index in [4.69, 9.17) is 5.73 Å². The topological polar surface area (TPSA) is 60.0 Å². The molecule has 25 heavy (non-hydrogen) atoms. The summed E-state index contributed by atoms with van der Waals surface area (Å²) in [7, 11) is 0. The molecule has 2 aromatic heterocycles. The average molecular weight is 337 g/mol. The van der Waals surface area contributed by atoms with Crippen molar-refractivity contribution >= 4 is 5.95 Å². The number of benzene rings is 1. The first-order valence-electron chi connectivity index (χ1n) is 8.38. The number of nitrogens with two attached hydrogens (primary N) is 1. The lowest BCUT2D eigenvalue weighted by atomic mass is 10.1. The highest BCUT2D eigenvalue weighted by Crippen LogP contribution is 2.19. The Morgan fingerprint density at radius 3 is 2.80 bits per heavy atom. The van der Waals surface area contributed by atoms with Crippen molar-refractivity contribution in [1.29, 1.82) is 0 Å². The van der Waals surface area contributed by atoms with Crippen LogP contribution in [0, 0.1) is 5.82 Å². The van der Waals surface area contributed by atoms with Crippen LogP contribution in [-0.2, 0) is 26.1 Å². The summed E-state index contributed by atoms with van der Waals surface area (Å²) in [5.74, 6) is 0.145. The molecule has 1 aliphatic rings. The van der Waals surface area contributed by atoms with Crippen LogP contribution in [0.1, 0.15) is 22.5 Å². The van der Waals surface area contributed by atoms with Gasteiger partial charge in [-0.2, -0.15) is 0 Å². The van der Waals surface area contributed by atoms with Gasteiger partial charge >= 0.3 is 0 Å². The average Bonchev–Trinajstić information content (AvgIpc) is 3.04. The van der Waals surface area contributed by atoms with E-state index >= 15 is 0 Å². The standard InChI is InChI=1S/C19H20FN5/c20-16-5-3-14(4-6-16)11-25-8-1-2-17(25)13-24-9-7-18-15(12-24)10-22-19(21)23-18/h1-6,8,10H,7,9,11-13H2,(H2,21,22,23). The molecule has 0 saturated carbocycles. The third kappa shape index (κ3) is 3.53. The second kappa shape index (κ2) is 6.64. The van der Waals surface area contributed by atoms with Crippen molar-refractivity contribution < 1.29 is 4.39 Å². The fourth-order valence-corrected chi connectivity index (χ4v) is 3.29. The Balaban J connectivity index is 1.46. The molecule has 4 rings (SSSR count). The van der Waals surface area contributed by atoms with Gasteiger partial charge in [0.2, 0.25) is 5.95 Å². The summed E-state index contributed by atoms with van der Waals surface area (Å²) in [5.41, 5.74) is 10.2. The maximum atomic E-state index is 13.1. The minimum atomic E-state index is -0.202. The van der Waals surface area contributed by atoms with E-state index in [1.54, 1.807) is 0 Å². The smallest absolute Gasteiger partial charge is 0.220 e. The van der Waals surface area contributed by atoms with E-state index in [1.165, 1.54) is 17.8 Å². The summed E-state index contributed by atoms with van der Waals surface area (Å²) in [6, 6.07) is 10.9. The van der Waals surface area contributed by atoms with Crippen LogP contribution in [0.15, 0.2) is 48.8 Å². The fourth-order valence-electron chi connectivity index (χ4n) is 3.29. The normalized spacial score (nSPS) is 14.4. The number of hydrogen-bond donors (Lipinski definition) is 1.